The van der Waals surface area contributed by atoms with Crippen molar-refractivity contribution in [1.29, 1.82) is 0 Å². The van der Waals surface area contributed by atoms with E-state index in [-0.39, 0.29) is 18.3 Å². The molecule has 23 heavy (non-hydrogen) atoms. The number of urea groups is 2. The number of nitrogens with one attached hydrogen (secondary N) is 3. The summed E-state index contributed by atoms with van der Waals surface area (Å²) in [4.78, 5) is 24.3. The van der Waals surface area contributed by atoms with Crippen LogP contribution in [0.2, 0.25) is 0 Å². The highest BCUT2D eigenvalue weighted by Crippen LogP contribution is 2.32. The number of halogens is 4. The molecule has 1 aliphatic rings. The van der Waals surface area contributed by atoms with Gasteiger partial charge in [-0.1, -0.05) is 0 Å². The Kier molecular flexibility index (Phi) is 4.92. The maximum atomic E-state index is 13.4. The Hall–Kier alpha value is -2.52. The second-order valence-electron chi connectivity index (χ2n) is 4.79. The Bertz CT molecular complexity index is 606. The molecule has 0 spiro atoms. The van der Waals surface area contributed by atoms with Gasteiger partial charge >= 0.3 is 18.2 Å². The molecule has 0 radical (unpaired) electrons. The third-order valence-corrected chi connectivity index (χ3v) is 3.14. The molecule has 0 aliphatic carbocycles. The lowest BCUT2D eigenvalue weighted by Crippen LogP contribution is -2.38. The van der Waals surface area contributed by atoms with Gasteiger partial charge < -0.3 is 20.9 Å². The molecule has 3 N–H and O–H groups in total. The van der Waals surface area contributed by atoms with Crippen molar-refractivity contribution in [3.8, 4) is 0 Å². The fraction of sp³-hybridized carbons (Fsp3) is 0.385. The Balaban J connectivity index is 1.83. The van der Waals surface area contributed by atoms with Gasteiger partial charge in [-0.05, 0) is 18.2 Å². The van der Waals surface area contributed by atoms with Crippen LogP contribution in [0.1, 0.15) is 5.56 Å². The van der Waals surface area contributed by atoms with Gasteiger partial charge in [0.05, 0.1) is 5.56 Å². The van der Waals surface area contributed by atoms with E-state index in [9.17, 15) is 27.2 Å². The zero-order valence-corrected chi connectivity index (χ0v) is 11.8. The van der Waals surface area contributed by atoms with E-state index in [1.165, 1.54) is 4.90 Å². The molecule has 0 bridgehead atoms. The van der Waals surface area contributed by atoms with Crippen molar-refractivity contribution in [2.75, 3.05) is 31.5 Å². The largest absolute Gasteiger partial charge is 0.419 e. The Morgan fingerprint density at radius 2 is 2.09 bits per heavy atom. The molecule has 2 rings (SSSR count). The Labute approximate surface area is 128 Å². The fourth-order valence-electron chi connectivity index (χ4n) is 2.03. The Morgan fingerprint density at radius 1 is 1.35 bits per heavy atom. The van der Waals surface area contributed by atoms with Gasteiger partial charge in [-0.3, -0.25) is 0 Å². The summed E-state index contributed by atoms with van der Waals surface area (Å²) in [5, 5.41) is 7.24. The van der Waals surface area contributed by atoms with Crippen LogP contribution in [0.15, 0.2) is 18.2 Å². The molecule has 4 amide bonds. The van der Waals surface area contributed by atoms with Crippen LogP contribution in [0.3, 0.4) is 0 Å². The number of amides is 4. The maximum Gasteiger partial charge on any atom is 0.419 e. The topological polar surface area (TPSA) is 73.5 Å². The van der Waals surface area contributed by atoms with Crippen molar-refractivity contribution in [3.05, 3.63) is 29.6 Å². The number of benzene rings is 1. The van der Waals surface area contributed by atoms with Crippen LogP contribution < -0.4 is 16.0 Å². The minimum absolute atomic E-state index is 0.105. The zero-order chi connectivity index (χ0) is 17.0. The lowest BCUT2D eigenvalue weighted by Gasteiger charge is -2.15. The van der Waals surface area contributed by atoms with Crippen LogP contribution in [0.4, 0.5) is 32.8 Å². The highest BCUT2D eigenvalue weighted by molar-refractivity contribution is 5.89. The van der Waals surface area contributed by atoms with Crippen molar-refractivity contribution >= 4 is 17.7 Å². The van der Waals surface area contributed by atoms with Gasteiger partial charge in [0.1, 0.15) is 5.82 Å². The molecule has 1 heterocycles. The van der Waals surface area contributed by atoms with E-state index in [4.69, 9.17) is 0 Å². The van der Waals surface area contributed by atoms with Crippen molar-refractivity contribution < 1.29 is 27.2 Å². The van der Waals surface area contributed by atoms with E-state index in [1.54, 1.807) is 0 Å². The smallest absolute Gasteiger partial charge is 0.336 e. The fourth-order valence-corrected chi connectivity index (χ4v) is 2.03. The maximum absolute atomic E-state index is 13.4. The standard InChI is InChI=1S/C13H14F4N4O2/c14-10-7-8(1-2-9(10)13(15,16)17)20-11(22)18-3-5-21-6-4-19-12(21)23/h1-2,7H,3-6H2,(H,19,23)(H2,18,20,22). The molecule has 1 aliphatic heterocycles. The first kappa shape index (κ1) is 16.8. The van der Waals surface area contributed by atoms with Gasteiger partial charge in [0.15, 0.2) is 0 Å². The molecule has 0 atom stereocenters. The van der Waals surface area contributed by atoms with Gasteiger partial charge in [0.2, 0.25) is 0 Å². The lowest BCUT2D eigenvalue weighted by atomic mass is 10.2. The first-order valence-electron chi connectivity index (χ1n) is 6.72. The molecule has 0 saturated carbocycles. The highest BCUT2D eigenvalue weighted by atomic mass is 19.4. The molecule has 1 fully saturated rings. The molecule has 126 valence electrons. The molecule has 0 unspecified atom stereocenters. The summed E-state index contributed by atoms with van der Waals surface area (Å²) >= 11 is 0. The molecular weight excluding hydrogens is 320 g/mol. The molecule has 1 aromatic rings. The quantitative estimate of drug-likeness (QED) is 0.737. The van der Waals surface area contributed by atoms with Crippen LogP contribution in [0.25, 0.3) is 0 Å². The van der Waals surface area contributed by atoms with Crippen LogP contribution in [-0.4, -0.2) is 43.1 Å². The van der Waals surface area contributed by atoms with Crippen LogP contribution in [-0.2, 0) is 6.18 Å². The van der Waals surface area contributed by atoms with E-state index in [0.29, 0.717) is 31.8 Å². The normalized spacial score (nSPS) is 14.6. The molecule has 1 aromatic carbocycles. The van der Waals surface area contributed by atoms with E-state index in [0.717, 1.165) is 6.07 Å². The number of carbonyl (C=O) groups excluding carboxylic acids is 2. The number of rotatable bonds is 4. The van der Waals surface area contributed by atoms with Crippen molar-refractivity contribution in [2.24, 2.45) is 0 Å². The van der Waals surface area contributed by atoms with E-state index >= 15 is 0 Å². The molecule has 0 aromatic heterocycles. The third kappa shape index (κ3) is 4.47. The third-order valence-electron chi connectivity index (χ3n) is 3.14. The summed E-state index contributed by atoms with van der Waals surface area (Å²) < 4.78 is 50.6. The van der Waals surface area contributed by atoms with Gasteiger partial charge in [0, 0.05) is 31.9 Å². The SMILES string of the molecule is O=C(NCCN1CCNC1=O)Nc1ccc(C(F)(F)F)c(F)c1. The summed E-state index contributed by atoms with van der Waals surface area (Å²) in [6, 6.07) is 1.18. The van der Waals surface area contributed by atoms with Gasteiger partial charge in [-0.15, -0.1) is 0 Å². The highest BCUT2D eigenvalue weighted by Gasteiger charge is 2.33. The number of alkyl halides is 3. The van der Waals surface area contributed by atoms with E-state index in [1.807, 2.05) is 0 Å². The van der Waals surface area contributed by atoms with Crippen LogP contribution >= 0.6 is 0 Å². The zero-order valence-electron chi connectivity index (χ0n) is 11.8. The van der Waals surface area contributed by atoms with Gasteiger partial charge in [-0.25, -0.2) is 14.0 Å². The molecule has 10 heteroatoms. The van der Waals surface area contributed by atoms with E-state index < -0.39 is 23.6 Å². The second-order valence-corrected chi connectivity index (χ2v) is 4.79. The van der Waals surface area contributed by atoms with Crippen LogP contribution in [0.5, 0.6) is 0 Å². The summed E-state index contributed by atoms with van der Waals surface area (Å²) in [5.41, 5.74) is -1.50. The predicted octanol–water partition coefficient (Wildman–Crippen LogP) is 1.99. The molecule has 1 saturated heterocycles. The summed E-state index contributed by atoms with van der Waals surface area (Å²) in [6.07, 6.45) is -4.79. The van der Waals surface area contributed by atoms with Crippen molar-refractivity contribution in [2.45, 2.75) is 6.18 Å². The van der Waals surface area contributed by atoms with Gasteiger partial charge in [-0.2, -0.15) is 13.2 Å². The Morgan fingerprint density at radius 3 is 2.65 bits per heavy atom. The summed E-state index contributed by atoms with van der Waals surface area (Å²) in [6.45, 7) is 1.52. The first-order chi connectivity index (χ1) is 10.8. The predicted molar refractivity (Wildman–Crippen MR) is 73.4 cm³/mol. The number of hydrogen-bond donors (Lipinski definition) is 3. The number of nitrogens with zero attached hydrogens (tertiary/aromatic N) is 1. The van der Waals surface area contributed by atoms with Gasteiger partial charge in [0.25, 0.3) is 0 Å². The monoisotopic (exact) mass is 334 g/mol. The number of carbonyl (C=O) groups is 2. The second kappa shape index (κ2) is 6.71. The van der Waals surface area contributed by atoms with E-state index in [2.05, 4.69) is 16.0 Å². The van der Waals surface area contributed by atoms with Crippen molar-refractivity contribution in [1.82, 2.24) is 15.5 Å². The number of anilines is 1. The molecule has 6 nitrogen and oxygen atoms in total. The number of hydrogen-bond acceptors (Lipinski definition) is 2. The molecular formula is C13H14F4N4O2. The first-order valence-corrected chi connectivity index (χ1v) is 6.72. The summed E-state index contributed by atoms with van der Waals surface area (Å²) in [5.74, 6) is -1.47. The summed E-state index contributed by atoms with van der Waals surface area (Å²) in [7, 11) is 0. The van der Waals surface area contributed by atoms with Crippen molar-refractivity contribution in [3.63, 3.8) is 0 Å². The average molecular weight is 334 g/mol. The minimum atomic E-state index is -4.79. The van der Waals surface area contributed by atoms with Crippen LogP contribution in [0, 0.1) is 5.82 Å². The average Bonchev–Trinajstić information content (AvgIpc) is 2.83. The minimum Gasteiger partial charge on any atom is -0.336 e. The lowest BCUT2D eigenvalue weighted by molar-refractivity contribution is -0.139.